The molecule has 0 aliphatic rings. The molecule has 32 heavy (non-hydrogen) atoms. The minimum Gasteiger partial charge on any atom is -0.493 e. The first kappa shape index (κ1) is 23.9. The molecule has 0 radical (unpaired) electrons. The molecular weight excluding hydrogens is 474 g/mol. The first-order chi connectivity index (χ1) is 15.5. The topological polar surface area (TPSA) is 59.9 Å². The van der Waals surface area contributed by atoms with Crippen LogP contribution in [0.2, 0.25) is 10.0 Å². The predicted octanol–water partition coefficient (Wildman–Crippen LogP) is 5.96. The molecule has 3 aromatic rings. The smallest absolute Gasteiger partial charge is 0.250 e. The van der Waals surface area contributed by atoms with Crippen LogP contribution in [0.4, 0.5) is 4.39 Å². The van der Waals surface area contributed by atoms with Crippen LogP contribution in [0, 0.1) is 5.82 Å². The molecule has 166 valence electrons. The summed E-state index contributed by atoms with van der Waals surface area (Å²) in [4.78, 5) is 12.9. The standard InChI is InChI=1S/C23H19Cl2FN2O3S/c1-30-21-11-15(10-19(25)23(21)31-13-16-4-2-3-5-20(16)26)12-27-28-22(29)14-32-18-8-6-17(24)7-9-18/h2-12H,13-14H2,1H3,(H,28,29)/b27-12-. The summed E-state index contributed by atoms with van der Waals surface area (Å²) in [6, 6.07) is 16.8. The van der Waals surface area contributed by atoms with Crippen LogP contribution >= 0.6 is 35.0 Å². The van der Waals surface area contributed by atoms with Gasteiger partial charge in [-0.15, -0.1) is 11.8 Å². The lowest BCUT2D eigenvalue weighted by molar-refractivity contribution is -0.118. The van der Waals surface area contributed by atoms with Crippen molar-refractivity contribution in [3.63, 3.8) is 0 Å². The van der Waals surface area contributed by atoms with Crippen LogP contribution in [0.25, 0.3) is 0 Å². The highest BCUT2D eigenvalue weighted by atomic mass is 35.5. The Labute approximate surface area is 199 Å². The van der Waals surface area contributed by atoms with Gasteiger partial charge in [-0.25, -0.2) is 9.82 Å². The molecule has 3 rings (SSSR count). The number of amides is 1. The number of hydrazone groups is 1. The predicted molar refractivity (Wildman–Crippen MR) is 127 cm³/mol. The average Bonchev–Trinajstić information content (AvgIpc) is 2.78. The second kappa shape index (κ2) is 11.8. The van der Waals surface area contributed by atoms with Crippen LogP contribution in [0.3, 0.4) is 0 Å². The van der Waals surface area contributed by atoms with E-state index < -0.39 is 0 Å². The minimum absolute atomic E-state index is 0.00245. The summed E-state index contributed by atoms with van der Waals surface area (Å²) in [5.74, 6) is 0.226. The fourth-order valence-electron chi connectivity index (χ4n) is 2.61. The zero-order chi connectivity index (χ0) is 22.9. The van der Waals surface area contributed by atoms with Gasteiger partial charge in [-0.3, -0.25) is 4.79 Å². The Hall–Kier alpha value is -2.74. The number of nitrogens with zero attached hydrogens (tertiary/aromatic N) is 1. The van der Waals surface area contributed by atoms with Gasteiger partial charge in [-0.05, 0) is 48.0 Å². The molecule has 1 N–H and O–H groups in total. The zero-order valence-electron chi connectivity index (χ0n) is 17.0. The number of nitrogens with one attached hydrogen (secondary N) is 1. The van der Waals surface area contributed by atoms with Crippen LogP contribution in [-0.2, 0) is 11.4 Å². The third kappa shape index (κ3) is 6.88. The second-order valence-corrected chi connectivity index (χ2v) is 8.34. The molecule has 0 atom stereocenters. The normalized spacial score (nSPS) is 10.9. The van der Waals surface area contributed by atoms with Crippen molar-refractivity contribution in [2.24, 2.45) is 5.10 Å². The van der Waals surface area contributed by atoms with Gasteiger partial charge in [0.2, 0.25) is 5.91 Å². The van der Waals surface area contributed by atoms with Crippen LogP contribution < -0.4 is 14.9 Å². The molecule has 0 bridgehead atoms. The lowest BCUT2D eigenvalue weighted by atomic mass is 10.2. The Morgan fingerprint density at radius 2 is 1.91 bits per heavy atom. The van der Waals surface area contributed by atoms with E-state index in [9.17, 15) is 9.18 Å². The monoisotopic (exact) mass is 492 g/mol. The maximum absolute atomic E-state index is 13.8. The SMILES string of the molecule is COc1cc(/C=N\NC(=O)CSc2ccc(Cl)cc2)cc(Cl)c1OCc1ccccc1F. The van der Waals surface area contributed by atoms with Gasteiger partial charge >= 0.3 is 0 Å². The Morgan fingerprint density at radius 3 is 2.62 bits per heavy atom. The number of carbonyl (C=O) groups is 1. The van der Waals surface area contributed by atoms with Crippen molar-refractivity contribution >= 4 is 47.1 Å². The molecule has 5 nitrogen and oxygen atoms in total. The fourth-order valence-corrected chi connectivity index (χ4v) is 3.70. The molecule has 0 unspecified atom stereocenters. The number of hydrogen-bond acceptors (Lipinski definition) is 5. The van der Waals surface area contributed by atoms with Gasteiger partial charge < -0.3 is 9.47 Å². The second-order valence-electron chi connectivity index (χ2n) is 6.45. The number of benzene rings is 3. The molecule has 0 aromatic heterocycles. The molecular formula is C23H19Cl2FN2O3S. The van der Waals surface area contributed by atoms with Gasteiger partial charge in [0.05, 0.1) is 24.1 Å². The van der Waals surface area contributed by atoms with Crippen molar-refractivity contribution in [3.8, 4) is 11.5 Å². The van der Waals surface area contributed by atoms with E-state index in [1.165, 1.54) is 31.2 Å². The molecule has 1 amide bonds. The van der Waals surface area contributed by atoms with Crippen molar-refractivity contribution in [2.45, 2.75) is 11.5 Å². The first-order valence-corrected chi connectivity index (χ1v) is 11.1. The lowest BCUT2D eigenvalue weighted by Gasteiger charge is -2.13. The highest BCUT2D eigenvalue weighted by Crippen LogP contribution is 2.36. The van der Waals surface area contributed by atoms with Gasteiger partial charge in [-0.1, -0.05) is 41.4 Å². The quantitative estimate of drug-likeness (QED) is 0.227. The fraction of sp³-hybridized carbons (Fsp3) is 0.130. The van der Waals surface area contributed by atoms with E-state index >= 15 is 0 Å². The summed E-state index contributed by atoms with van der Waals surface area (Å²) < 4.78 is 24.8. The van der Waals surface area contributed by atoms with Crippen molar-refractivity contribution in [1.29, 1.82) is 0 Å². The Balaban J connectivity index is 1.58. The van der Waals surface area contributed by atoms with E-state index in [1.54, 1.807) is 42.5 Å². The van der Waals surface area contributed by atoms with E-state index in [2.05, 4.69) is 10.5 Å². The molecule has 9 heteroatoms. The van der Waals surface area contributed by atoms with Gasteiger partial charge in [0.1, 0.15) is 12.4 Å². The molecule has 0 heterocycles. The highest BCUT2D eigenvalue weighted by Gasteiger charge is 2.13. The third-order valence-electron chi connectivity index (χ3n) is 4.17. The molecule has 0 spiro atoms. The number of hydrogen-bond donors (Lipinski definition) is 1. The van der Waals surface area contributed by atoms with Gasteiger partial charge in [0.15, 0.2) is 11.5 Å². The number of methoxy groups -OCH3 is 1. The molecule has 0 aliphatic carbocycles. The van der Waals surface area contributed by atoms with Crippen LogP contribution in [0.1, 0.15) is 11.1 Å². The van der Waals surface area contributed by atoms with Gasteiger partial charge in [0.25, 0.3) is 0 Å². The molecule has 0 aliphatic heterocycles. The van der Waals surface area contributed by atoms with Gasteiger partial charge in [0, 0.05) is 15.5 Å². The lowest BCUT2D eigenvalue weighted by Crippen LogP contribution is -2.19. The van der Waals surface area contributed by atoms with Crippen molar-refractivity contribution in [2.75, 3.05) is 12.9 Å². The first-order valence-electron chi connectivity index (χ1n) is 9.40. The summed E-state index contributed by atoms with van der Waals surface area (Å²) in [7, 11) is 1.47. The Kier molecular flexibility index (Phi) is 8.79. The Morgan fingerprint density at radius 1 is 1.16 bits per heavy atom. The largest absolute Gasteiger partial charge is 0.493 e. The molecule has 0 fully saturated rings. The summed E-state index contributed by atoms with van der Waals surface area (Å²) in [5.41, 5.74) is 3.46. The van der Waals surface area contributed by atoms with E-state index in [0.29, 0.717) is 21.9 Å². The van der Waals surface area contributed by atoms with Crippen LogP contribution in [0.5, 0.6) is 11.5 Å². The number of carbonyl (C=O) groups excluding carboxylic acids is 1. The molecule has 0 saturated heterocycles. The van der Waals surface area contributed by atoms with Crippen molar-refractivity contribution in [1.82, 2.24) is 5.43 Å². The van der Waals surface area contributed by atoms with Crippen LogP contribution in [-0.4, -0.2) is 25.0 Å². The number of halogens is 3. The third-order valence-corrected chi connectivity index (χ3v) is 5.71. The zero-order valence-corrected chi connectivity index (χ0v) is 19.3. The summed E-state index contributed by atoms with van der Waals surface area (Å²) in [6.07, 6.45) is 1.44. The van der Waals surface area contributed by atoms with E-state index in [1.807, 2.05) is 12.1 Å². The molecule has 3 aromatic carbocycles. The summed E-state index contributed by atoms with van der Waals surface area (Å²) in [5, 5.41) is 4.87. The summed E-state index contributed by atoms with van der Waals surface area (Å²) >= 11 is 13.5. The molecule has 0 saturated carbocycles. The van der Waals surface area contributed by atoms with Gasteiger partial charge in [-0.2, -0.15) is 5.10 Å². The van der Waals surface area contributed by atoms with Crippen molar-refractivity contribution in [3.05, 3.63) is 87.7 Å². The summed E-state index contributed by atoms with van der Waals surface area (Å²) in [6.45, 7) is -0.00245. The van der Waals surface area contributed by atoms with Crippen molar-refractivity contribution < 1.29 is 18.7 Å². The maximum Gasteiger partial charge on any atom is 0.250 e. The average molecular weight is 493 g/mol. The minimum atomic E-state index is -0.365. The Bertz CT molecular complexity index is 1110. The maximum atomic E-state index is 13.8. The van der Waals surface area contributed by atoms with E-state index in [4.69, 9.17) is 32.7 Å². The van der Waals surface area contributed by atoms with E-state index in [0.717, 1.165) is 4.90 Å². The number of thioether (sulfide) groups is 1. The van der Waals surface area contributed by atoms with E-state index in [-0.39, 0.29) is 34.9 Å². The number of ether oxygens (including phenoxy) is 2. The highest BCUT2D eigenvalue weighted by molar-refractivity contribution is 8.00. The number of rotatable bonds is 9. The van der Waals surface area contributed by atoms with Crippen LogP contribution in [0.15, 0.2) is 70.7 Å².